The molecule has 0 saturated heterocycles. The number of benzene rings is 1. The molecule has 2 heteroatoms. The number of rotatable bonds is 10. The van der Waals surface area contributed by atoms with E-state index in [1.54, 1.807) is 0 Å². The molecule has 0 atom stereocenters. The van der Waals surface area contributed by atoms with Gasteiger partial charge in [0.25, 0.3) is 0 Å². The predicted octanol–water partition coefficient (Wildman–Crippen LogP) is 4.82. The third-order valence-electron chi connectivity index (χ3n) is 2.90. The maximum Gasteiger partial charge on any atom is 0.161 e. The van der Waals surface area contributed by atoms with Crippen LogP contribution in [0.3, 0.4) is 0 Å². The molecule has 0 aromatic heterocycles. The fraction of sp³-hybridized carbons (Fsp3) is 0.625. The zero-order chi connectivity index (χ0) is 13.1. The summed E-state index contributed by atoms with van der Waals surface area (Å²) in [6, 6.07) is 7.89. The molecule has 0 bridgehead atoms. The van der Waals surface area contributed by atoms with Gasteiger partial charge in [-0.15, -0.1) is 0 Å². The Bertz CT molecular complexity index is 310. The summed E-state index contributed by atoms with van der Waals surface area (Å²) in [6.07, 6.45) is 7.73. The van der Waals surface area contributed by atoms with Crippen molar-refractivity contribution in [2.24, 2.45) is 0 Å². The van der Waals surface area contributed by atoms with E-state index in [-0.39, 0.29) is 0 Å². The molecule has 0 aliphatic rings. The number of unbranched alkanes of at least 4 members (excludes halogenated alkanes) is 5. The summed E-state index contributed by atoms with van der Waals surface area (Å²) >= 11 is 0. The van der Waals surface area contributed by atoms with Crippen molar-refractivity contribution in [3.05, 3.63) is 24.3 Å². The minimum atomic E-state index is 0.678. The molecular formula is C16H26O2. The fourth-order valence-corrected chi connectivity index (χ4v) is 1.91. The highest BCUT2D eigenvalue weighted by molar-refractivity contribution is 5.39. The van der Waals surface area contributed by atoms with Crippen LogP contribution >= 0.6 is 0 Å². The van der Waals surface area contributed by atoms with Gasteiger partial charge in [0, 0.05) is 0 Å². The molecule has 1 rings (SSSR count). The molecule has 102 valence electrons. The molecule has 0 radical (unpaired) electrons. The highest BCUT2D eigenvalue weighted by Crippen LogP contribution is 2.26. The lowest BCUT2D eigenvalue weighted by atomic mass is 10.1. The lowest BCUT2D eigenvalue weighted by Gasteiger charge is -2.11. The van der Waals surface area contributed by atoms with Crippen LogP contribution in [-0.4, -0.2) is 13.2 Å². The van der Waals surface area contributed by atoms with Gasteiger partial charge in [0.15, 0.2) is 11.5 Å². The van der Waals surface area contributed by atoms with E-state index in [4.69, 9.17) is 9.47 Å². The molecule has 0 fully saturated rings. The van der Waals surface area contributed by atoms with Gasteiger partial charge in [-0.3, -0.25) is 0 Å². The van der Waals surface area contributed by atoms with Crippen molar-refractivity contribution in [3.63, 3.8) is 0 Å². The van der Waals surface area contributed by atoms with Crippen LogP contribution in [0.15, 0.2) is 24.3 Å². The van der Waals surface area contributed by atoms with Crippen molar-refractivity contribution in [1.29, 1.82) is 0 Å². The fourth-order valence-electron chi connectivity index (χ4n) is 1.91. The first kappa shape index (κ1) is 14.9. The van der Waals surface area contributed by atoms with Crippen molar-refractivity contribution in [1.82, 2.24) is 0 Å². The van der Waals surface area contributed by atoms with E-state index >= 15 is 0 Å². The Kier molecular flexibility index (Phi) is 8.11. The summed E-state index contributed by atoms with van der Waals surface area (Å²) in [4.78, 5) is 0. The number of hydrogen-bond acceptors (Lipinski definition) is 2. The van der Waals surface area contributed by atoms with E-state index in [0.717, 1.165) is 24.5 Å². The van der Waals surface area contributed by atoms with Crippen LogP contribution in [0.25, 0.3) is 0 Å². The van der Waals surface area contributed by atoms with Gasteiger partial charge in [0.1, 0.15) is 0 Å². The first-order valence-electron chi connectivity index (χ1n) is 7.23. The second kappa shape index (κ2) is 9.81. The standard InChI is InChI=1S/C16H26O2/c1-3-5-6-7-8-11-14-18-16-13-10-9-12-15(16)17-4-2/h9-10,12-13H,3-8,11,14H2,1-2H3. The third kappa shape index (κ3) is 5.95. The molecule has 1 aromatic rings. The molecule has 0 aliphatic carbocycles. The smallest absolute Gasteiger partial charge is 0.161 e. The van der Waals surface area contributed by atoms with E-state index in [9.17, 15) is 0 Å². The van der Waals surface area contributed by atoms with E-state index in [1.807, 2.05) is 31.2 Å². The maximum atomic E-state index is 5.77. The topological polar surface area (TPSA) is 18.5 Å². The van der Waals surface area contributed by atoms with Gasteiger partial charge in [-0.1, -0.05) is 51.2 Å². The predicted molar refractivity (Wildman–Crippen MR) is 76.5 cm³/mol. The highest BCUT2D eigenvalue weighted by atomic mass is 16.5. The molecular weight excluding hydrogens is 224 g/mol. The summed E-state index contributed by atoms with van der Waals surface area (Å²) in [5.74, 6) is 1.72. The summed E-state index contributed by atoms with van der Waals surface area (Å²) in [5, 5.41) is 0. The van der Waals surface area contributed by atoms with Crippen LogP contribution in [-0.2, 0) is 0 Å². The van der Waals surface area contributed by atoms with Gasteiger partial charge < -0.3 is 9.47 Å². The Balaban J connectivity index is 2.18. The molecule has 18 heavy (non-hydrogen) atoms. The second-order valence-electron chi connectivity index (χ2n) is 4.50. The van der Waals surface area contributed by atoms with Crippen LogP contribution in [0, 0.1) is 0 Å². The number of para-hydroxylation sites is 2. The molecule has 0 N–H and O–H groups in total. The average molecular weight is 250 g/mol. The minimum Gasteiger partial charge on any atom is -0.490 e. The van der Waals surface area contributed by atoms with Crippen LogP contribution < -0.4 is 9.47 Å². The molecule has 2 nitrogen and oxygen atoms in total. The zero-order valence-electron chi connectivity index (χ0n) is 11.8. The number of hydrogen-bond donors (Lipinski definition) is 0. The molecule has 0 saturated carbocycles. The SMILES string of the molecule is CCCCCCCCOc1ccccc1OCC. The van der Waals surface area contributed by atoms with Crippen LogP contribution in [0.5, 0.6) is 11.5 Å². The largest absolute Gasteiger partial charge is 0.490 e. The lowest BCUT2D eigenvalue weighted by Crippen LogP contribution is -2.00. The quantitative estimate of drug-likeness (QED) is 0.554. The van der Waals surface area contributed by atoms with Crippen molar-refractivity contribution in [3.8, 4) is 11.5 Å². The van der Waals surface area contributed by atoms with Crippen molar-refractivity contribution in [2.45, 2.75) is 52.4 Å². The van der Waals surface area contributed by atoms with E-state index in [1.165, 1.54) is 32.1 Å². The van der Waals surface area contributed by atoms with Crippen LogP contribution in [0.1, 0.15) is 52.4 Å². The van der Waals surface area contributed by atoms with E-state index in [0.29, 0.717) is 6.61 Å². The summed E-state index contributed by atoms with van der Waals surface area (Å²) in [6.45, 7) is 5.70. The Labute approximate surface area is 111 Å². The van der Waals surface area contributed by atoms with Crippen molar-refractivity contribution >= 4 is 0 Å². The van der Waals surface area contributed by atoms with Crippen LogP contribution in [0.4, 0.5) is 0 Å². The van der Waals surface area contributed by atoms with Crippen molar-refractivity contribution in [2.75, 3.05) is 13.2 Å². The Morgan fingerprint density at radius 1 is 0.778 bits per heavy atom. The van der Waals surface area contributed by atoms with Gasteiger partial charge in [-0.2, -0.15) is 0 Å². The molecule has 0 spiro atoms. The lowest BCUT2D eigenvalue weighted by molar-refractivity contribution is 0.270. The van der Waals surface area contributed by atoms with Crippen molar-refractivity contribution < 1.29 is 9.47 Å². The minimum absolute atomic E-state index is 0.678. The monoisotopic (exact) mass is 250 g/mol. The Hall–Kier alpha value is -1.18. The highest BCUT2D eigenvalue weighted by Gasteiger charge is 2.02. The van der Waals surface area contributed by atoms with Gasteiger partial charge in [-0.05, 0) is 25.5 Å². The first-order chi connectivity index (χ1) is 8.88. The first-order valence-corrected chi connectivity index (χ1v) is 7.23. The van der Waals surface area contributed by atoms with Crippen LogP contribution in [0.2, 0.25) is 0 Å². The summed E-state index contributed by atoms with van der Waals surface area (Å²) < 4.78 is 11.3. The normalized spacial score (nSPS) is 10.3. The average Bonchev–Trinajstić information content (AvgIpc) is 2.40. The van der Waals surface area contributed by atoms with E-state index in [2.05, 4.69) is 6.92 Å². The zero-order valence-corrected chi connectivity index (χ0v) is 11.8. The van der Waals surface area contributed by atoms with Gasteiger partial charge in [-0.25, -0.2) is 0 Å². The maximum absolute atomic E-state index is 5.77. The van der Waals surface area contributed by atoms with E-state index < -0.39 is 0 Å². The number of ether oxygens (including phenoxy) is 2. The summed E-state index contributed by atoms with van der Waals surface area (Å²) in [5.41, 5.74) is 0. The molecule has 0 amide bonds. The summed E-state index contributed by atoms with van der Waals surface area (Å²) in [7, 11) is 0. The molecule has 0 unspecified atom stereocenters. The third-order valence-corrected chi connectivity index (χ3v) is 2.90. The van der Waals surface area contributed by atoms with Gasteiger partial charge in [0.2, 0.25) is 0 Å². The molecule has 0 heterocycles. The second-order valence-corrected chi connectivity index (χ2v) is 4.50. The Morgan fingerprint density at radius 3 is 2.06 bits per heavy atom. The molecule has 1 aromatic carbocycles. The van der Waals surface area contributed by atoms with Gasteiger partial charge >= 0.3 is 0 Å². The van der Waals surface area contributed by atoms with Gasteiger partial charge in [0.05, 0.1) is 13.2 Å². The Morgan fingerprint density at radius 2 is 1.39 bits per heavy atom. The molecule has 0 aliphatic heterocycles.